The van der Waals surface area contributed by atoms with Gasteiger partial charge in [0.25, 0.3) is 0 Å². The molecular formula is C6H7N. The SMILES string of the molecule is C=C=N/C=C\C=C. The van der Waals surface area contributed by atoms with Crippen LogP contribution >= 0.6 is 0 Å². The summed E-state index contributed by atoms with van der Waals surface area (Å²) in [5.41, 5.74) is 0. The highest BCUT2D eigenvalue weighted by Gasteiger charge is 1.50. The molecule has 0 aliphatic heterocycles. The van der Waals surface area contributed by atoms with Crippen LogP contribution in [-0.2, 0) is 0 Å². The topological polar surface area (TPSA) is 12.4 Å². The fraction of sp³-hybridized carbons (Fsp3) is 0. The van der Waals surface area contributed by atoms with E-state index in [4.69, 9.17) is 0 Å². The highest BCUT2D eigenvalue weighted by Crippen LogP contribution is 1.69. The maximum Gasteiger partial charge on any atom is 0.0367 e. The molecule has 1 nitrogen and oxygen atoms in total. The van der Waals surface area contributed by atoms with Gasteiger partial charge in [0.1, 0.15) is 0 Å². The van der Waals surface area contributed by atoms with Crippen LogP contribution in [0.3, 0.4) is 0 Å². The van der Waals surface area contributed by atoms with Crippen molar-refractivity contribution in [3.05, 3.63) is 31.5 Å². The molecule has 0 aromatic heterocycles. The molecule has 0 rings (SSSR count). The first-order valence-corrected chi connectivity index (χ1v) is 1.91. The molecule has 0 saturated heterocycles. The van der Waals surface area contributed by atoms with Gasteiger partial charge in [0.2, 0.25) is 0 Å². The molecule has 7 heavy (non-hydrogen) atoms. The van der Waals surface area contributed by atoms with E-state index in [0.717, 1.165) is 0 Å². The first-order chi connectivity index (χ1) is 3.41. The zero-order valence-corrected chi connectivity index (χ0v) is 4.09. The summed E-state index contributed by atoms with van der Waals surface area (Å²) in [6.07, 6.45) is 4.92. The third-order valence-electron chi connectivity index (χ3n) is 0.388. The van der Waals surface area contributed by atoms with E-state index in [0.29, 0.717) is 0 Å². The minimum absolute atomic E-state index is 1.57. The number of hydrogen-bond acceptors (Lipinski definition) is 1. The molecule has 0 bridgehead atoms. The van der Waals surface area contributed by atoms with Gasteiger partial charge >= 0.3 is 0 Å². The fourth-order valence-corrected chi connectivity index (χ4v) is 0.157. The standard InChI is InChI=1S/C6H7N/c1-3-5-6-7-4-2/h3,5-6H,1-2H2/b6-5-. The molecule has 36 valence electrons. The summed E-state index contributed by atoms with van der Waals surface area (Å²) in [6.45, 7) is 6.69. The molecule has 0 radical (unpaired) electrons. The van der Waals surface area contributed by atoms with Crippen molar-refractivity contribution in [1.82, 2.24) is 0 Å². The van der Waals surface area contributed by atoms with E-state index in [1.165, 1.54) is 0 Å². The van der Waals surface area contributed by atoms with E-state index in [1.807, 2.05) is 0 Å². The Bertz CT molecular complexity index is 116. The van der Waals surface area contributed by atoms with Crippen molar-refractivity contribution in [2.75, 3.05) is 0 Å². The molecule has 0 N–H and O–H groups in total. The van der Waals surface area contributed by atoms with Crippen LogP contribution in [0.15, 0.2) is 36.5 Å². The summed E-state index contributed by atoms with van der Waals surface area (Å²) in [4.78, 5) is 3.55. The highest BCUT2D eigenvalue weighted by atomic mass is 14.6. The smallest absolute Gasteiger partial charge is 0.0367 e. The van der Waals surface area contributed by atoms with Gasteiger partial charge in [-0.25, -0.2) is 4.99 Å². The molecule has 0 aromatic carbocycles. The number of rotatable bonds is 2. The third-order valence-corrected chi connectivity index (χ3v) is 0.388. The molecule has 0 saturated carbocycles. The summed E-state index contributed by atoms with van der Waals surface area (Å²) in [6, 6.07) is 0. The summed E-state index contributed by atoms with van der Waals surface area (Å²) in [5.74, 6) is 2.34. The second-order valence-electron chi connectivity index (χ2n) is 0.864. The first kappa shape index (κ1) is 5.93. The molecule has 0 aromatic rings. The van der Waals surface area contributed by atoms with Crippen molar-refractivity contribution in [2.45, 2.75) is 0 Å². The molecule has 0 unspecified atom stereocenters. The summed E-state index contributed by atoms with van der Waals surface area (Å²) < 4.78 is 0. The second-order valence-corrected chi connectivity index (χ2v) is 0.864. The predicted octanol–water partition coefficient (Wildman–Crippen LogP) is 1.54. The van der Waals surface area contributed by atoms with Crippen molar-refractivity contribution < 1.29 is 0 Å². The maximum absolute atomic E-state index is 3.55. The molecule has 0 heterocycles. The van der Waals surface area contributed by atoms with E-state index >= 15 is 0 Å². The Morgan fingerprint density at radius 2 is 2.29 bits per heavy atom. The van der Waals surface area contributed by atoms with Crippen LogP contribution in [0.2, 0.25) is 0 Å². The number of aliphatic imine (C=N–C) groups is 1. The zero-order chi connectivity index (χ0) is 5.54. The lowest BCUT2D eigenvalue weighted by Gasteiger charge is -1.62. The van der Waals surface area contributed by atoms with Crippen molar-refractivity contribution in [3.8, 4) is 0 Å². The summed E-state index contributed by atoms with van der Waals surface area (Å²) >= 11 is 0. The predicted molar refractivity (Wildman–Crippen MR) is 32.4 cm³/mol. The van der Waals surface area contributed by atoms with E-state index in [2.05, 4.69) is 24.0 Å². The minimum atomic E-state index is 1.57. The Kier molecular flexibility index (Phi) is 4.18. The maximum atomic E-state index is 3.55. The third kappa shape index (κ3) is 4.93. The quantitative estimate of drug-likeness (QED) is 0.362. The van der Waals surface area contributed by atoms with Gasteiger partial charge in [0, 0.05) is 6.20 Å². The Morgan fingerprint density at radius 1 is 1.57 bits per heavy atom. The minimum Gasteiger partial charge on any atom is -0.215 e. The molecule has 0 aliphatic carbocycles. The molecule has 0 amide bonds. The Morgan fingerprint density at radius 3 is 2.71 bits per heavy atom. The van der Waals surface area contributed by atoms with Crippen molar-refractivity contribution >= 4 is 5.87 Å². The monoisotopic (exact) mass is 93.1 g/mol. The molecule has 1 heteroatoms. The summed E-state index contributed by atoms with van der Waals surface area (Å²) in [5, 5.41) is 0. The van der Waals surface area contributed by atoms with E-state index in [1.54, 1.807) is 18.4 Å². The van der Waals surface area contributed by atoms with Gasteiger partial charge in [-0.3, -0.25) is 0 Å². The van der Waals surface area contributed by atoms with Crippen LogP contribution in [0.4, 0.5) is 0 Å². The van der Waals surface area contributed by atoms with Crippen molar-refractivity contribution in [1.29, 1.82) is 0 Å². The molecule has 0 aliphatic rings. The largest absolute Gasteiger partial charge is 0.215 e. The van der Waals surface area contributed by atoms with Crippen LogP contribution in [0.1, 0.15) is 0 Å². The van der Waals surface area contributed by atoms with E-state index in [-0.39, 0.29) is 0 Å². The summed E-state index contributed by atoms with van der Waals surface area (Å²) in [7, 11) is 0. The molecular weight excluding hydrogens is 86.1 g/mol. The van der Waals surface area contributed by atoms with Crippen LogP contribution in [0.25, 0.3) is 0 Å². The van der Waals surface area contributed by atoms with Crippen LogP contribution in [0.5, 0.6) is 0 Å². The lowest BCUT2D eigenvalue weighted by molar-refractivity contribution is 1.61. The van der Waals surface area contributed by atoms with E-state index in [9.17, 15) is 0 Å². The van der Waals surface area contributed by atoms with Crippen LogP contribution in [-0.4, -0.2) is 5.87 Å². The Balaban J connectivity index is 3.47. The van der Waals surface area contributed by atoms with Gasteiger partial charge < -0.3 is 0 Å². The molecule has 0 fully saturated rings. The number of allylic oxidation sites excluding steroid dienone is 2. The fourth-order valence-electron chi connectivity index (χ4n) is 0.157. The van der Waals surface area contributed by atoms with Crippen LogP contribution in [0, 0.1) is 0 Å². The van der Waals surface area contributed by atoms with Gasteiger partial charge in [-0.1, -0.05) is 12.7 Å². The second kappa shape index (κ2) is 4.93. The Hall–Kier alpha value is -1.07. The number of hydrogen-bond donors (Lipinski definition) is 0. The normalized spacial score (nSPS) is 8.00. The average molecular weight is 93.1 g/mol. The Labute approximate surface area is 43.4 Å². The van der Waals surface area contributed by atoms with Crippen molar-refractivity contribution in [2.24, 2.45) is 4.99 Å². The average Bonchev–Trinajstić information content (AvgIpc) is 1.69. The lowest BCUT2D eigenvalue weighted by Crippen LogP contribution is -1.44. The van der Waals surface area contributed by atoms with Gasteiger partial charge in [0.05, 0.1) is 0 Å². The first-order valence-electron chi connectivity index (χ1n) is 1.91. The van der Waals surface area contributed by atoms with Crippen LogP contribution < -0.4 is 0 Å². The molecule has 0 atom stereocenters. The van der Waals surface area contributed by atoms with E-state index < -0.39 is 0 Å². The lowest BCUT2D eigenvalue weighted by atomic mass is 10.6. The number of nitrogens with zero attached hydrogens (tertiary/aromatic N) is 1. The highest BCUT2D eigenvalue weighted by molar-refractivity contribution is 5.47. The van der Waals surface area contributed by atoms with Gasteiger partial charge in [-0.05, 0) is 18.5 Å². The zero-order valence-electron chi connectivity index (χ0n) is 4.09. The van der Waals surface area contributed by atoms with Crippen molar-refractivity contribution in [3.63, 3.8) is 0 Å². The molecule has 0 spiro atoms. The van der Waals surface area contributed by atoms with Gasteiger partial charge in [-0.15, -0.1) is 0 Å². The van der Waals surface area contributed by atoms with Gasteiger partial charge in [-0.2, -0.15) is 0 Å². The van der Waals surface area contributed by atoms with Gasteiger partial charge in [0.15, 0.2) is 0 Å².